The Balaban J connectivity index is 1.51. The van der Waals surface area contributed by atoms with Gasteiger partial charge in [-0.15, -0.1) is 5.10 Å². The molecule has 1 aliphatic rings. The van der Waals surface area contributed by atoms with Gasteiger partial charge in [0.1, 0.15) is 5.52 Å². The number of carbonyl (C=O) groups excluding carboxylic acids is 1. The number of benzene rings is 2. The number of carbonyl (C=O) groups is 1. The largest absolute Gasteiger partial charge is 0.351 e. The molecule has 0 saturated heterocycles. The third-order valence-electron chi connectivity index (χ3n) is 5.41. The van der Waals surface area contributed by atoms with E-state index >= 15 is 0 Å². The second kappa shape index (κ2) is 6.83. The van der Waals surface area contributed by atoms with Crippen molar-refractivity contribution in [3.05, 3.63) is 58.1 Å². The monoisotopic (exact) mass is 412 g/mol. The van der Waals surface area contributed by atoms with Gasteiger partial charge in [-0.05, 0) is 55.7 Å². The molecule has 0 atom stereocenters. The molecule has 0 radical (unpaired) electrons. The van der Waals surface area contributed by atoms with Crippen molar-refractivity contribution >= 4 is 32.9 Å². The van der Waals surface area contributed by atoms with Gasteiger partial charge in [-0.3, -0.25) is 4.79 Å². The van der Waals surface area contributed by atoms with Crippen LogP contribution in [-0.4, -0.2) is 27.4 Å². The Bertz CT molecular complexity index is 961. The van der Waals surface area contributed by atoms with Gasteiger partial charge in [0, 0.05) is 28.5 Å². The van der Waals surface area contributed by atoms with Gasteiger partial charge in [0.25, 0.3) is 5.91 Å². The molecule has 1 N–H and O–H groups in total. The summed E-state index contributed by atoms with van der Waals surface area (Å²) in [5.41, 5.74) is 3.68. The maximum absolute atomic E-state index is 12.7. The maximum Gasteiger partial charge on any atom is 0.251 e. The Labute approximate surface area is 160 Å². The van der Waals surface area contributed by atoms with Crippen molar-refractivity contribution in [1.29, 1.82) is 0 Å². The highest BCUT2D eigenvalue weighted by Crippen LogP contribution is 2.43. The number of amides is 1. The predicted molar refractivity (Wildman–Crippen MR) is 105 cm³/mol. The zero-order valence-corrected chi connectivity index (χ0v) is 16.3. The van der Waals surface area contributed by atoms with Crippen LogP contribution in [0.1, 0.15) is 42.1 Å². The van der Waals surface area contributed by atoms with Crippen molar-refractivity contribution in [3.63, 3.8) is 0 Å². The average molecular weight is 413 g/mol. The molecule has 134 valence electrons. The van der Waals surface area contributed by atoms with Crippen LogP contribution in [0.25, 0.3) is 11.0 Å². The molecule has 3 aromatic rings. The van der Waals surface area contributed by atoms with Crippen LogP contribution in [-0.2, 0) is 12.0 Å². The number of hydrogen-bond donors (Lipinski definition) is 1. The summed E-state index contributed by atoms with van der Waals surface area (Å²) in [5.74, 6) is -0.0563. The first-order valence-electron chi connectivity index (χ1n) is 8.99. The smallest absolute Gasteiger partial charge is 0.251 e. The molecule has 1 heterocycles. The third-order valence-corrected chi connectivity index (χ3v) is 5.90. The Hall–Kier alpha value is -2.21. The molecular formula is C20H21BrN4O. The molecule has 4 rings (SSSR count). The van der Waals surface area contributed by atoms with E-state index in [1.807, 2.05) is 35.9 Å². The lowest BCUT2D eigenvalue weighted by Crippen LogP contribution is -2.45. The first-order valence-corrected chi connectivity index (χ1v) is 9.78. The van der Waals surface area contributed by atoms with Crippen molar-refractivity contribution in [3.8, 4) is 0 Å². The zero-order valence-electron chi connectivity index (χ0n) is 14.7. The molecule has 2 aromatic carbocycles. The van der Waals surface area contributed by atoms with E-state index in [-0.39, 0.29) is 11.3 Å². The van der Waals surface area contributed by atoms with E-state index in [0.717, 1.165) is 34.9 Å². The zero-order chi connectivity index (χ0) is 18.1. The third kappa shape index (κ3) is 3.03. The van der Waals surface area contributed by atoms with Crippen LogP contribution in [0.3, 0.4) is 0 Å². The molecule has 0 bridgehead atoms. The Morgan fingerprint density at radius 3 is 2.81 bits per heavy atom. The first-order chi connectivity index (χ1) is 12.6. The summed E-state index contributed by atoms with van der Waals surface area (Å²) in [5, 5.41) is 11.4. The summed E-state index contributed by atoms with van der Waals surface area (Å²) >= 11 is 3.55. The van der Waals surface area contributed by atoms with E-state index in [0.29, 0.717) is 12.1 Å². The second-order valence-electron chi connectivity index (χ2n) is 6.94. The summed E-state index contributed by atoms with van der Waals surface area (Å²) in [6.07, 6.45) is 3.41. The van der Waals surface area contributed by atoms with Crippen LogP contribution in [0.15, 0.2) is 46.9 Å². The normalized spacial score (nSPS) is 15.6. The number of hydrogen-bond acceptors (Lipinski definition) is 3. The van der Waals surface area contributed by atoms with Gasteiger partial charge in [0.2, 0.25) is 0 Å². The lowest BCUT2D eigenvalue weighted by molar-refractivity contribution is 0.0928. The van der Waals surface area contributed by atoms with Crippen LogP contribution in [0.2, 0.25) is 0 Å². The number of aromatic nitrogens is 3. The minimum absolute atomic E-state index is 0.0505. The molecule has 26 heavy (non-hydrogen) atoms. The number of fused-ring (bicyclic) bond motifs is 1. The molecule has 0 spiro atoms. The van der Waals surface area contributed by atoms with Crippen LogP contribution < -0.4 is 5.32 Å². The van der Waals surface area contributed by atoms with Crippen molar-refractivity contribution in [2.75, 3.05) is 6.54 Å². The molecule has 0 aliphatic heterocycles. The number of nitrogens with one attached hydrogen (secondary N) is 1. The second-order valence-corrected chi connectivity index (χ2v) is 7.85. The van der Waals surface area contributed by atoms with E-state index in [2.05, 4.69) is 49.8 Å². The lowest BCUT2D eigenvalue weighted by atomic mass is 9.64. The summed E-state index contributed by atoms with van der Waals surface area (Å²) in [6.45, 7) is 3.44. The maximum atomic E-state index is 12.7. The van der Waals surface area contributed by atoms with Gasteiger partial charge < -0.3 is 5.32 Å². The van der Waals surface area contributed by atoms with Gasteiger partial charge >= 0.3 is 0 Å². The molecule has 1 fully saturated rings. The molecule has 1 saturated carbocycles. The molecular weight excluding hydrogens is 392 g/mol. The molecule has 1 aliphatic carbocycles. The number of halogens is 1. The molecule has 0 unspecified atom stereocenters. The highest BCUT2D eigenvalue weighted by atomic mass is 79.9. The molecule has 1 amide bonds. The summed E-state index contributed by atoms with van der Waals surface area (Å²) < 4.78 is 2.91. The first kappa shape index (κ1) is 17.2. The number of rotatable bonds is 5. The Kier molecular flexibility index (Phi) is 4.53. The van der Waals surface area contributed by atoms with Crippen LogP contribution in [0.4, 0.5) is 0 Å². The summed E-state index contributed by atoms with van der Waals surface area (Å²) in [6, 6.07) is 14.0. The molecule has 6 heteroatoms. The van der Waals surface area contributed by atoms with Crippen molar-refractivity contribution in [1.82, 2.24) is 20.3 Å². The van der Waals surface area contributed by atoms with Gasteiger partial charge in [0.05, 0.1) is 5.52 Å². The van der Waals surface area contributed by atoms with Crippen LogP contribution >= 0.6 is 15.9 Å². The fourth-order valence-corrected chi connectivity index (χ4v) is 4.09. The van der Waals surface area contributed by atoms with Gasteiger partial charge in [-0.1, -0.05) is 39.7 Å². The van der Waals surface area contributed by atoms with Gasteiger partial charge in [-0.2, -0.15) is 0 Å². The lowest BCUT2D eigenvalue weighted by Gasteiger charge is -2.42. The average Bonchev–Trinajstić information content (AvgIpc) is 3.03. The van der Waals surface area contributed by atoms with Crippen molar-refractivity contribution < 1.29 is 4.79 Å². The fraction of sp³-hybridized carbons (Fsp3) is 0.350. The number of nitrogens with zero attached hydrogens (tertiary/aromatic N) is 3. The Morgan fingerprint density at radius 2 is 2.12 bits per heavy atom. The van der Waals surface area contributed by atoms with E-state index < -0.39 is 0 Å². The topological polar surface area (TPSA) is 59.8 Å². The van der Waals surface area contributed by atoms with Gasteiger partial charge in [-0.25, -0.2) is 4.68 Å². The Morgan fingerprint density at radius 1 is 1.27 bits per heavy atom. The quantitative estimate of drug-likeness (QED) is 0.686. The predicted octanol–water partition coefficient (Wildman–Crippen LogP) is 4.07. The highest BCUT2D eigenvalue weighted by Gasteiger charge is 2.39. The standard InChI is InChI=1S/C20H21BrN4O/c1-2-25-18-8-7-14(11-17(18)23-24-25)19(26)22-13-20(9-4-10-20)15-5-3-6-16(21)12-15/h3,5-8,11-12H,2,4,9-10,13H2,1H3,(H,22,26). The minimum atomic E-state index is -0.0563. The highest BCUT2D eigenvalue weighted by molar-refractivity contribution is 9.10. The van der Waals surface area contributed by atoms with Crippen LogP contribution in [0, 0.1) is 0 Å². The molecule has 1 aromatic heterocycles. The van der Waals surface area contributed by atoms with Crippen molar-refractivity contribution in [2.45, 2.75) is 38.1 Å². The summed E-state index contributed by atoms with van der Waals surface area (Å²) in [4.78, 5) is 12.7. The number of aryl methyl sites for hydroxylation is 1. The van der Waals surface area contributed by atoms with Crippen molar-refractivity contribution in [2.24, 2.45) is 0 Å². The van der Waals surface area contributed by atoms with E-state index in [1.165, 1.54) is 12.0 Å². The van der Waals surface area contributed by atoms with E-state index in [1.54, 1.807) is 0 Å². The SMILES string of the molecule is CCn1nnc2cc(C(=O)NCC3(c4cccc(Br)c4)CCC3)ccc21. The fourth-order valence-electron chi connectivity index (χ4n) is 3.69. The summed E-state index contributed by atoms with van der Waals surface area (Å²) in [7, 11) is 0. The molecule has 5 nitrogen and oxygen atoms in total. The minimum Gasteiger partial charge on any atom is -0.351 e. The van der Waals surface area contributed by atoms with E-state index in [9.17, 15) is 4.79 Å². The van der Waals surface area contributed by atoms with Crippen LogP contribution in [0.5, 0.6) is 0 Å². The van der Waals surface area contributed by atoms with Gasteiger partial charge in [0.15, 0.2) is 0 Å². The van der Waals surface area contributed by atoms with E-state index in [4.69, 9.17) is 0 Å².